The van der Waals surface area contributed by atoms with Crippen LogP contribution in [-0.4, -0.2) is 38.7 Å². The van der Waals surface area contributed by atoms with Crippen LogP contribution in [0.1, 0.15) is 24.9 Å². The fourth-order valence-electron chi connectivity index (χ4n) is 2.90. The van der Waals surface area contributed by atoms with Crippen LogP contribution in [0.15, 0.2) is 24.3 Å². The summed E-state index contributed by atoms with van der Waals surface area (Å²) in [6.45, 7) is 5.51. The third kappa shape index (κ3) is 2.85. The van der Waals surface area contributed by atoms with Gasteiger partial charge < -0.3 is 10.1 Å². The molecule has 1 fully saturated rings. The van der Waals surface area contributed by atoms with Crippen molar-refractivity contribution < 1.29 is 4.74 Å². The molecule has 100 valence electrons. The number of hydrogen-bond acceptors (Lipinski definition) is 3. The number of hydrogen-bond donors (Lipinski definition) is 1. The van der Waals surface area contributed by atoms with Crippen molar-refractivity contribution >= 4 is 0 Å². The molecule has 0 aliphatic carbocycles. The van der Waals surface area contributed by atoms with Crippen LogP contribution in [0.4, 0.5) is 0 Å². The lowest BCUT2D eigenvalue weighted by atomic mass is 9.93. The SMILES string of the molecule is CCNCC1CCN(C)C1c1ccc(OC)cc1. The van der Waals surface area contributed by atoms with Crippen molar-refractivity contribution in [1.29, 1.82) is 0 Å². The molecule has 3 heteroatoms. The van der Waals surface area contributed by atoms with Crippen molar-refractivity contribution in [3.8, 4) is 5.75 Å². The van der Waals surface area contributed by atoms with Gasteiger partial charge in [0.25, 0.3) is 0 Å². The minimum atomic E-state index is 0.537. The molecule has 18 heavy (non-hydrogen) atoms. The minimum absolute atomic E-state index is 0.537. The topological polar surface area (TPSA) is 24.5 Å². The first kappa shape index (κ1) is 13.4. The molecule has 0 amide bonds. The molecule has 0 radical (unpaired) electrons. The molecule has 2 rings (SSSR count). The normalized spacial score (nSPS) is 24.4. The lowest BCUT2D eigenvalue weighted by Gasteiger charge is -2.26. The highest BCUT2D eigenvalue weighted by molar-refractivity contribution is 5.30. The van der Waals surface area contributed by atoms with E-state index in [2.05, 4.69) is 48.5 Å². The van der Waals surface area contributed by atoms with E-state index in [0.29, 0.717) is 12.0 Å². The summed E-state index contributed by atoms with van der Waals surface area (Å²) in [5.74, 6) is 1.64. The van der Waals surface area contributed by atoms with E-state index in [9.17, 15) is 0 Å². The number of methoxy groups -OCH3 is 1. The number of ether oxygens (including phenoxy) is 1. The van der Waals surface area contributed by atoms with Gasteiger partial charge in [0.1, 0.15) is 5.75 Å². The molecule has 2 atom stereocenters. The van der Waals surface area contributed by atoms with Gasteiger partial charge in [0.2, 0.25) is 0 Å². The third-order valence-corrected chi connectivity index (χ3v) is 3.89. The van der Waals surface area contributed by atoms with Gasteiger partial charge in [-0.25, -0.2) is 0 Å². The van der Waals surface area contributed by atoms with Gasteiger partial charge in [-0.15, -0.1) is 0 Å². The van der Waals surface area contributed by atoms with Crippen molar-refractivity contribution in [3.63, 3.8) is 0 Å². The van der Waals surface area contributed by atoms with Crippen LogP contribution in [0.5, 0.6) is 5.75 Å². The van der Waals surface area contributed by atoms with Crippen molar-refractivity contribution in [1.82, 2.24) is 10.2 Å². The summed E-state index contributed by atoms with van der Waals surface area (Å²) in [5, 5.41) is 3.48. The lowest BCUT2D eigenvalue weighted by molar-refractivity contribution is 0.272. The van der Waals surface area contributed by atoms with Crippen LogP contribution in [0, 0.1) is 5.92 Å². The first-order valence-corrected chi connectivity index (χ1v) is 6.81. The molecular weight excluding hydrogens is 224 g/mol. The second kappa shape index (κ2) is 6.21. The Balaban J connectivity index is 2.11. The molecule has 1 aromatic rings. The average molecular weight is 248 g/mol. The Morgan fingerprint density at radius 3 is 2.67 bits per heavy atom. The van der Waals surface area contributed by atoms with E-state index >= 15 is 0 Å². The van der Waals surface area contributed by atoms with E-state index in [0.717, 1.165) is 18.8 Å². The largest absolute Gasteiger partial charge is 0.497 e. The van der Waals surface area contributed by atoms with E-state index in [4.69, 9.17) is 4.74 Å². The van der Waals surface area contributed by atoms with Crippen LogP contribution in [0.25, 0.3) is 0 Å². The summed E-state index contributed by atoms with van der Waals surface area (Å²) in [6.07, 6.45) is 1.28. The lowest BCUT2D eigenvalue weighted by Crippen LogP contribution is -2.28. The Kier molecular flexibility index (Phi) is 4.61. The summed E-state index contributed by atoms with van der Waals surface area (Å²) >= 11 is 0. The zero-order valence-electron chi connectivity index (χ0n) is 11.6. The standard InChI is InChI=1S/C15H24N2O/c1-4-16-11-13-9-10-17(2)15(13)12-5-7-14(18-3)8-6-12/h5-8,13,15-16H,4,9-11H2,1-3H3. The summed E-state index contributed by atoms with van der Waals surface area (Å²) in [4.78, 5) is 2.46. The maximum Gasteiger partial charge on any atom is 0.118 e. The zero-order valence-corrected chi connectivity index (χ0v) is 11.6. The van der Waals surface area contributed by atoms with Gasteiger partial charge >= 0.3 is 0 Å². The van der Waals surface area contributed by atoms with Crippen LogP contribution in [0.2, 0.25) is 0 Å². The van der Waals surface area contributed by atoms with Crippen LogP contribution >= 0.6 is 0 Å². The Labute approximate surface area is 110 Å². The van der Waals surface area contributed by atoms with E-state index in [1.54, 1.807) is 7.11 Å². The highest BCUT2D eigenvalue weighted by atomic mass is 16.5. The van der Waals surface area contributed by atoms with Crippen molar-refractivity contribution in [2.45, 2.75) is 19.4 Å². The molecule has 0 bridgehead atoms. The number of nitrogens with zero attached hydrogens (tertiary/aromatic N) is 1. The molecule has 3 nitrogen and oxygen atoms in total. The van der Waals surface area contributed by atoms with E-state index in [1.165, 1.54) is 18.5 Å². The Bertz CT molecular complexity index is 363. The van der Waals surface area contributed by atoms with Gasteiger partial charge in [0, 0.05) is 6.04 Å². The molecule has 2 unspecified atom stereocenters. The third-order valence-electron chi connectivity index (χ3n) is 3.89. The molecule has 1 N–H and O–H groups in total. The van der Waals surface area contributed by atoms with Crippen molar-refractivity contribution in [2.24, 2.45) is 5.92 Å². The Hall–Kier alpha value is -1.06. The monoisotopic (exact) mass is 248 g/mol. The van der Waals surface area contributed by atoms with Crippen LogP contribution < -0.4 is 10.1 Å². The molecule has 1 aliphatic rings. The van der Waals surface area contributed by atoms with Gasteiger partial charge in [0.05, 0.1) is 7.11 Å². The number of nitrogens with one attached hydrogen (secondary N) is 1. The highest BCUT2D eigenvalue weighted by Gasteiger charge is 2.32. The quantitative estimate of drug-likeness (QED) is 0.865. The summed E-state index contributed by atoms with van der Waals surface area (Å²) in [6, 6.07) is 9.06. The highest BCUT2D eigenvalue weighted by Crippen LogP contribution is 2.36. The molecule has 1 saturated heterocycles. The van der Waals surface area contributed by atoms with Crippen LogP contribution in [-0.2, 0) is 0 Å². The molecule has 1 heterocycles. The number of rotatable bonds is 5. The molecule has 1 aliphatic heterocycles. The summed E-state index contributed by atoms with van der Waals surface area (Å²) in [7, 11) is 3.94. The van der Waals surface area contributed by atoms with Crippen molar-refractivity contribution in [2.75, 3.05) is 33.8 Å². The summed E-state index contributed by atoms with van der Waals surface area (Å²) in [5.41, 5.74) is 1.40. The molecule has 1 aromatic carbocycles. The minimum Gasteiger partial charge on any atom is -0.497 e. The fraction of sp³-hybridized carbons (Fsp3) is 0.600. The van der Waals surface area contributed by atoms with Crippen molar-refractivity contribution in [3.05, 3.63) is 29.8 Å². The summed E-state index contributed by atoms with van der Waals surface area (Å²) < 4.78 is 5.22. The predicted molar refractivity (Wildman–Crippen MR) is 75.0 cm³/mol. The smallest absolute Gasteiger partial charge is 0.118 e. The Morgan fingerprint density at radius 1 is 1.33 bits per heavy atom. The fourth-order valence-corrected chi connectivity index (χ4v) is 2.90. The molecule has 0 aromatic heterocycles. The maximum atomic E-state index is 5.22. The predicted octanol–water partition coefficient (Wildman–Crippen LogP) is 2.30. The Morgan fingerprint density at radius 2 is 2.06 bits per heavy atom. The molecule has 0 saturated carbocycles. The van der Waals surface area contributed by atoms with Gasteiger partial charge in [-0.2, -0.15) is 0 Å². The first-order chi connectivity index (χ1) is 8.76. The molecule has 0 spiro atoms. The van der Waals surface area contributed by atoms with E-state index < -0.39 is 0 Å². The first-order valence-electron chi connectivity index (χ1n) is 6.81. The van der Waals surface area contributed by atoms with Gasteiger partial charge in [-0.05, 0) is 56.7 Å². The van der Waals surface area contributed by atoms with Crippen LogP contribution in [0.3, 0.4) is 0 Å². The van der Waals surface area contributed by atoms with Gasteiger partial charge in [-0.3, -0.25) is 4.90 Å². The van der Waals surface area contributed by atoms with E-state index in [-0.39, 0.29) is 0 Å². The number of likely N-dealkylation sites (tertiary alicyclic amines) is 1. The van der Waals surface area contributed by atoms with E-state index in [1.807, 2.05) is 0 Å². The van der Waals surface area contributed by atoms with Gasteiger partial charge in [-0.1, -0.05) is 19.1 Å². The second-order valence-corrected chi connectivity index (χ2v) is 5.06. The number of benzene rings is 1. The van der Waals surface area contributed by atoms with Gasteiger partial charge in [0.15, 0.2) is 0 Å². The molecular formula is C15H24N2O. The maximum absolute atomic E-state index is 5.22. The zero-order chi connectivity index (χ0) is 13.0. The average Bonchev–Trinajstić information content (AvgIpc) is 2.77. The second-order valence-electron chi connectivity index (χ2n) is 5.06.